The molecule has 0 fully saturated rings. The fraction of sp³-hybridized carbons (Fsp3) is 0.238. The van der Waals surface area contributed by atoms with Crippen LogP contribution >= 0.6 is 0 Å². The molecule has 0 aliphatic rings. The number of quaternary nitrogens is 1. The Hall–Kier alpha value is -3.06. The van der Waals surface area contributed by atoms with Crippen LogP contribution in [0.4, 0.5) is 14.5 Å². The number of likely N-dealkylation sites (N-methyl/N-ethyl adjacent to an activating group) is 1. The van der Waals surface area contributed by atoms with Gasteiger partial charge in [-0.05, 0) is 38.1 Å². The van der Waals surface area contributed by atoms with Crippen molar-refractivity contribution in [2.75, 3.05) is 18.9 Å². The average Bonchev–Trinajstić information content (AvgIpc) is 2.93. The van der Waals surface area contributed by atoms with Gasteiger partial charge in [-0.1, -0.05) is 18.2 Å². The highest BCUT2D eigenvalue weighted by molar-refractivity contribution is 5.91. The summed E-state index contributed by atoms with van der Waals surface area (Å²) < 4.78 is 28.2. The molecule has 1 aromatic heterocycles. The molecule has 1 amide bonds. The number of halogens is 2. The van der Waals surface area contributed by atoms with Gasteiger partial charge in [-0.3, -0.25) is 4.79 Å². The zero-order valence-corrected chi connectivity index (χ0v) is 16.1. The summed E-state index contributed by atoms with van der Waals surface area (Å²) in [5, 5.41) is 7.22. The molecule has 0 saturated heterocycles. The van der Waals surface area contributed by atoms with Crippen LogP contribution in [0.15, 0.2) is 48.5 Å². The first-order valence-electron chi connectivity index (χ1n) is 9.02. The molecule has 0 bridgehead atoms. The third-order valence-corrected chi connectivity index (χ3v) is 4.59. The average molecular weight is 385 g/mol. The maximum atomic E-state index is 13.3. The normalized spacial score (nSPS) is 12.0. The fourth-order valence-electron chi connectivity index (χ4n) is 3.17. The van der Waals surface area contributed by atoms with Gasteiger partial charge in [-0.2, -0.15) is 5.10 Å². The van der Waals surface area contributed by atoms with Gasteiger partial charge in [0.2, 0.25) is 0 Å². The number of benzene rings is 2. The fourth-order valence-corrected chi connectivity index (χ4v) is 3.17. The van der Waals surface area contributed by atoms with Gasteiger partial charge in [-0.25, -0.2) is 13.5 Å². The Bertz CT molecular complexity index is 986. The molecule has 146 valence electrons. The molecule has 7 heteroatoms. The maximum absolute atomic E-state index is 13.3. The Labute approximate surface area is 162 Å². The van der Waals surface area contributed by atoms with Gasteiger partial charge < -0.3 is 10.2 Å². The smallest absolute Gasteiger partial charge is 0.279 e. The molecule has 2 aromatic carbocycles. The molecule has 3 rings (SSSR count). The lowest BCUT2D eigenvalue weighted by atomic mass is 10.2. The molecule has 0 aliphatic carbocycles. The predicted molar refractivity (Wildman–Crippen MR) is 103 cm³/mol. The number of rotatable bonds is 6. The maximum Gasteiger partial charge on any atom is 0.279 e. The van der Waals surface area contributed by atoms with Gasteiger partial charge in [0.15, 0.2) is 18.2 Å². The van der Waals surface area contributed by atoms with Crippen molar-refractivity contribution in [1.29, 1.82) is 0 Å². The van der Waals surface area contributed by atoms with Crippen molar-refractivity contribution in [2.24, 2.45) is 0 Å². The number of nitrogens with zero attached hydrogens (tertiary/aromatic N) is 2. The van der Waals surface area contributed by atoms with Crippen LogP contribution in [0, 0.1) is 25.5 Å². The molecule has 28 heavy (non-hydrogen) atoms. The van der Waals surface area contributed by atoms with E-state index >= 15 is 0 Å². The van der Waals surface area contributed by atoms with Crippen molar-refractivity contribution in [1.82, 2.24) is 9.78 Å². The highest BCUT2D eigenvalue weighted by atomic mass is 19.2. The number of carbonyl (C=O) groups excluding carboxylic acids is 1. The van der Waals surface area contributed by atoms with E-state index in [-0.39, 0.29) is 18.1 Å². The lowest BCUT2D eigenvalue weighted by Gasteiger charge is -2.14. The number of hydrogen-bond acceptors (Lipinski definition) is 2. The van der Waals surface area contributed by atoms with E-state index in [2.05, 4.69) is 10.4 Å². The Kier molecular flexibility index (Phi) is 5.84. The van der Waals surface area contributed by atoms with Crippen LogP contribution in [0.5, 0.6) is 0 Å². The Morgan fingerprint density at radius 1 is 1.11 bits per heavy atom. The van der Waals surface area contributed by atoms with Crippen molar-refractivity contribution >= 4 is 11.6 Å². The van der Waals surface area contributed by atoms with E-state index in [0.29, 0.717) is 6.54 Å². The molecular weight excluding hydrogens is 362 g/mol. The number of carbonyl (C=O) groups is 1. The van der Waals surface area contributed by atoms with Gasteiger partial charge in [-0.15, -0.1) is 0 Å². The zero-order chi connectivity index (χ0) is 20.3. The molecular formula is C21H23F2N4O+. The van der Waals surface area contributed by atoms with Crippen LogP contribution in [0.3, 0.4) is 0 Å². The van der Waals surface area contributed by atoms with Crippen LogP contribution in [0.2, 0.25) is 0 Å². The summed E-state index contributed by atoms with van der Waals surface area (Å²) in [6.45, 7) is 4.78. The highest BCUT2D eigenvalue weighted by Gasteiger charge is 2.18. The second kappa shape index (κ2) is 8.31. The van der Waals surface area contributed by atoms with E-state index in [0.717, 1.165) is 39.7 Å². The topological polar surface area (TPSA) is 51.4 Å². The third kappa shape index (κ3) is 4.43. The first-order valence-corrected chi connectivity index (χ1v) is 9.02. The van der Waals surface area contributed by atoms with Gasteiger partial charge in [0.1, 0.15) is 6.54 Å². The number of aryl methyl sites for hydroxylation is 1. The number of anilines is 1. The Morgan fingerprint density at radius 2 is 1.82 bits per heavy atom. The minimum absolute atomic E-state index is 0.189. The Balaban J connectivity index is 1.66. The lowest BCUT2D eigenvalue weighted by molar-refractivity contribution is -0.885. The molecule has 1 atom stereocenters. The second-order valence-corrected chi connectivity index (χ2v) is 6.88. The predicted octanol–water partition coefficient (Wildman–Crippen LogP) is 2.42. The summed E-state index contributed by atoms with van der Waals surface area (Å²) in [6, 6.07) is 13.2. The monoisotopic (exact) mass is 385 g/mol. The van der Waals surface area contributed by atoms with Crippen molar-refractivity contribution in [3.8, 4) is 5.69 Å². The summed E-state index contributed by atoms with van der Waals surface area (Å²) in [7, 11) is 1.91. The zero-order valence-electron chi connectivity index (χ0n) is 16.1. The third-order valence-electron chi connectivity index (χ3n) is 4.59. The van der Waals surface area contributed by atoms with Crippen LogP contribution in [0.25, 0.3) is 5.69 Å². The van der Waals surface area contributed by atoms with Crippen molar-refractivity contribution in [3.05, 3.63) is 77.1 Å². The number of para-hydroxylation sites is 1. The summed E-state index contributed by atoms with van der Waals surface area (Å²) in [5.41, 5.74) is 4.26. The molecule has 0 spiro atoms. The number of amides is 1. The summed E-state index contributed by atoms with van der Waals surface area (Å²) in [4.78, 5) is 13.2. The number of hydrogen-bond donors (Lipinski definition) is 2. The van der Waals surface area contributed by atoms with Crippen molar-refractivity contribution in [3.63, 3.8) is 0 Å². The second-order valence-electron chi connectivity index (χ2n) is 6.88. The molecule has 1 unspecified atom stereocenters. The molecule has 0 aliphatic heterocycles. The van der Waals surface area contributed by atoms with Crippen LogP contribution in [0.1, 0.15) is 17.0 Å². The largest absolute Gasteiger partial charge is 0.326 e. The standard InChI is InChI=1S/C21H22F2N4O/c1-14-18(15(2)27(25-14)17-7-5-4-6-8-17)12-26(3)13-21(28)24-16-9-10-19(22)20(23)11-16/h4-11H,12-13H2,1-3H3,(H,24,28)/p+1. The van der Waals surface area contributed by atoms with E-state index in [9.17, 15) is 13.6 Å². The van der Waals surface area contributed by atoms with Crippen molar-refractivity contribution in [2.45, 2.75) is 20.4 Å². The van der Waals surface area contributed by atoms with Crippen LogP contribution in [-0.2, 0) is 11.3 Å². The Morgan fingerprint density at radius 3 is 2.50 bits per heavy atom. The molecule has 0 radical (unpaired) electrons. The van der Waals surface area contributed by atoms with E-state index in [4.69, 9.17) is 0 Å². The van der Waals surface area contributed by atoms with E-state index < -0.39 is 11.6 Å². The summed E-state index contributed by atoms with van der Waals surface area (Å²) >= 11 is 0. The van der Waals surface area contributed by atoms with Gasteiger partial charge >= 0.3 is 0 Å². The molecule has 1 heterocycles. The quantitative estimate of drug-likeness (QED) is 0.685. The van der Waals surface area contributed by atoms with Crippen molar-refractivity contribution < 1.29 is 18.5 Å². The van der Waals surface area contributed by atoms with E-state index in [1.165, 1.54) is 6.07 Å². The molecule has 3 aromatic rings. The molecule has 5 nitrogen and oxygen atoms in total. The number of aromatic nitrogens is 2. The van der Waals surface area contributed by atoms with Crippen LogP contribution in [-0.4, -0.2) is 29.3 Å². The minimum atomic E-state index is -0.988. The van der Waals surface area contributed by atoms with Gasteiger partial charge in [0, 0.05) is 11.8 Å². The summed E-state index contributed by atoms with van der Waals surface area (Å²) in [5.74, 6) is -2.20. The van der Waals surface area contributed by atoms with Gasteiger partial charge in [0.25, 0.3) is 5.91 Å². The minimum Gasteiger partial charge on any atom is -0.326 e. The molecule has 0 saturated carbocycles. The summed E-state index contributed by atoms with van der Waals surface area (Å²) in [6.07, 6.45) is 0. The highest BCUT2D eigenvalue weighted by Crippen LogP contribution is 2.17. The van der Waals surface area contributed by atoms with E-state index in [1.807, 2.05) is 55.9 Å². The number of nitrogens with one attached hydrogen (secondary N) is 2. The van der Waals surface area contributed by atoms with Gasteiger partial charge in [0.05, 0.1) is 29.7 Å². The SMILES string of the molecule is Cc1nn(-c2ccccc2)c(C)c1C[NH+](C)CC(=O)Nc1ccc(F)c(F)c1. The lowest BCUT2D eigenvalue weighted by Crippen LogP contribution is -3.08. The first-order chi connectivity index (χ1) is 13.3. The first kappa shape index (κ1) is 19.7. The van der Waals surface area contributed by atoms with E-state index in [1.54, 1.807) is 0 Å². The molecule has 2 N–H and O–H groups in total. The van der Waals surface area contributed by atoms with Crippen LogP contribution < -0.4 is 10.2 Å².